The van der Waals surface area contributed by atoms with E-state index in [1.165, 1.54) is 6.07 Å². The van der Waals surface area contributed by atoms with Crippen molar-refractivity contribution in [2.45, 2.75) is 32.8 Å². The second-order valence-corrected chi connectivity index (χ2v) is 4.09. The molecule has 1 atom stereocenters. The predicted molar refractivity (Wildman–Crippen MR) is 67.3 cm³/mol. The van der Waals surface area contributed by atoms with E-state index in [0.29, 0.717) is 24.1 Å². The van der Waals surface area contributed by atoms with Crippen LogP contribution in [-0.2, 0) is 9.53 Å². The zero-order valence-electron chi connectivity index (χ0n) is 10.5. The summed E-state index contributed by atoms with van der Waals surface area (Å²) < 4.78 is 4.95. The molecule has 5 heteroatoms. The Morgan fingerprint density at radius 2 is 2.11 bits per heavy atom. The van der Waals surface area contributed by atoms with Crippen LogP contribution in [0.3, 0.4) is 0 Å². The third-order valence-electron chi connectivity index (χ3n) is 2.58. The Morgan fingerprint density at radius 3 is 2.61 bits per heavy atom. The average Bonchev–Trinajstić information content (AvgIpc) is 2.31. The van der Waals surface area contributed by atoms with E-state index in [2.05, 4.69) is 0 Å². The number of carbonyl (C=O) groups is 2. The van der Waals surface area contributed by atoms with Gasteiger partial charge in [-0.05, 0) is 37.1 Å². The van der Waals surface area contributed by atoms with Crippen molar-refractivity contribution < 1.29 is 19.4 Å². The molecule has 98 valence electrons. The molecule has 1 aromatic carbocycles. The Bertz CT molecular complexity index is 456. The van der Waals surface area contributed by atoms with Gasteiger partial charge in [0.05, 0.1) is 5.56 Å². The van der Waals surface area contributed by atoms with Crippen molar-refractivity contribution in [1.29, 1.82) is 0 Å². The van der Waals surface area contributed by atoms with Crippen molar-refractivity contribution >= 4 is 17.6 Å². The number of nitrogens with two attached hydrogens (primary N) is 1. The summed E-state index contributed by atoms with van der Waals surface area (Å²) in [6.07, 6.45) is -0.166. The normalized spacial score (nSPS) is 11.9. The molecule has 0 aliphatic heterocycles. The minimum Gasteiger partial charge on any atom is -0.479 e. The standard InChI is InChI=1S/C13H17NO4/c1-3-4-11(12(15)16)18-13(17)9-5-6-10(14)8(2)7-9/h5-7,11H,3-4,14H2,1-2H3,(H,15,16). The van der Waals surface area contributed by atoms with Gasteiger partial charge in [0, 0.05) is 5.69 Å². The lowest BCUT2D eigenvalue weighted by Crippen LogP contribution is -2.26. The van der Waals surface area contributed by atoms with Crippen LogP contribution in [0.15, 0.2) is 18.2 Å². The first kappa shape index (κ1) is 14.0. The number of nitrogen functional groups attached to an aromatic ring is 1. The molecule has 5 nitrogen and oxygen atoms in total. The number of anilines is 1. The summed E-state index contributed by atoms with van der Waals surface area (Å²) in [5.41, 5.74) is 7.28. The van der Waals surface area contributed by atoms with Gasteiger partial charge >= 0.3 is 11.9 Å². The lowest BCUT2D eigenvalue weighted by Gasteiger charge is -2.13. The van der Waals surface area contributed by atoms with Gasteiger partial charge in [0.1, 0.15) is 0 Å². The Labute approximate surface area is 106 Å². The van der Waals surface area contributed by atoms with Crippen molar-refractivity contribution in [3.8, 4) is 0 Å². The Hall–Kier alpha value is -2.04. The minimum absolute atomic E-state index is 0.301. The van der Waals surface area contributed by atoms with Crippen molar-refractivity contribution in [3.05, 3.63) is 29.3 Å². The highest BCUT2D eigenvalue weighted by Crippen LogP contribution is 2.15. The maximum Gasteiger partial charge on any atom is 0.345 e. The van der Waals surface area contributed by atoms with Crippen molar-refractivity contribution in [2.24, 2.45) is 0 Å². The molecule has 0 aliphatic rings. The van der Waals surface area contributed by atoms with Crippen LogP contribution in [0.5, 0.6) is 0 Å². The van der Waals surface area contributed by atoms with Gasteiger partial charge in [-0.15, -0.1) is 0 Å². The summed E-state index contributed by atoms with van der Waals surface area (Å²) in [6.45, 7) is 3.60. The Kier molecular flexibility index (Phi) is 4.71. The van der Waals surface area contributed by atoms with Crippen LogP contribution in [0.2, 0.25) is 0 Å². The monoisotopic (exact) mass is 251 g/mol. The molecule has 0 aromatic heterocycles. The molecule has 0 fully saturated rings. The number of hydrogen-bond acceptors (Lipinski definition) is 4. The van der Waals surface area contributed by atoms with E-state index >= 15 is 0 Å². The summed E-state index contributed by atoms with van der Waals surface area (Å²) in [7, 11) is 0. The molecule has 0 saturated carbocycles. The summed E-state index contributed by atoms with van der Waals surface area (Å²) >= 11 is 0. The highest BCUT2D eigenvalue weighted by Gasteiger charge is 2.22. The number of benzene rings is 1. The molecule has 3 N–H and O–H groups in total. The number of aliphatic carboxylic acids is 1. The Morgan fingerprint density at radius 1 is 1.44 bits per heavy atom. The van der Waals surface area contributed by atoms with E-state index in [1.807, 2.05) is 6.92 Å². The Balaban J connectivity index is 2.80. The van der Waals surface area contributed by atoms with Gasteiger partial charge in [0.2, 0.25) is 0 Å². The first-order chi connectivity index (χ1) is 8.45. The van der Waals surface area contributed by atoms with Gasteiger partial charge in [-0.25, -0.2) is 9.59 Å². The second kappa shape index (κ2) is 6.05. The lowest BCUT2D eigenvalue weighted by molar-refractivity contribution is -0.147. The molecule has 18 heavy (non-hydrogen) atoms. The van der Waals surface area contributed by atoms with E-state index in [4.69, 9.17) is 15.6 Å². The molecule has 1 rings (SSSR count). The highest BCUT2D eigenvalue weighted by atomic mass is 16.6. The molecule has 1 aromatic rings. The molecule has 1 unspecified atom stereocenters. The van der Waals surface area contributed by atoms with Crippen LogP contribution < -0.4 is 5.73 Å². The molecule has 0 heterocycles. The molecule has 0 amide bonds. The first-order valence-corrected chi connectivity index (χ1v) is 5.75. The second-order valence-electron chi connectivity index (χ2n) is 4.09. The molecule has 0 saturated heterocycles. The number of carboxylic acid groups (broad SMARTS) is 1. The quantitative estimate of drug-likeness (QED) is 0.617. The number of carbonyl (C=O) groups excluding carboxylic acids is 1. The summed E-state index contributed by atoms with van der Waals surface area (Å²) in [6, 6.07) is 4.71. The summed E-state index contributed by atoms with van der Waals surface area (Å²) in [5, 5.41) is 8.90. The van der Waals surface area contributed by atoms with Gasteiger partial charge in [0.15, 0.2) is 6.10 Å². The maximum atomic E-state index is 11.8. The number of rotatable bonds is 5. The number of ether oxygens (including phenoxy) is 1. The minimum atomic E-state index is -1.13. The third-order valence-corrected chi connectivity index (χ3v) is 2.58. The van der Waals surface area contributed by atoms with E-state index in [1.54, 1.807) is 19.1 Å². The topological polar surface area (TPSA) is 89.6 Å². The van der Waals surface area contributed by atoms with Gasteiger partial charge in [-0.2, -0.15) is 0 Å². The molecular weight excluding hydrogens is 234 g/mol. The van der Waals surface area contributed by atoms with Crippen LogP contribution in [0.1, 0.15) is 35.7 Å². The molecule has 0 spiro atoms. The zero-order chi connectivity index (χ0) is 13.7. The average molecular weight is 251 g/mol. The largest absolute Gasteiger partial charge is 0.479 e. The summed E-state index contributed by atoms with van der Waals surface area (Å²) in [5.74, 6) is -1.77. The van der Waals surface area contributed by atoms with Crippen LogP contribution in [0.4, 0.5) is 5.69 Å². The highest BCUT2D eigenvalue weighted by molar-refractivity contribution is 5.91. The fraction of sp³-hybridized carbons (Fsp3) is 0.385. The number of aryl methyl sites for hydroxylation is 1. The molecular formula is C13H17NO4. The van der Waals surface area contributed by atoms with E-state index < -0.39 is 18.0 Å². The van der Waals surface area contributed by atoms with Crippen LogP contribution >= 0.6 is 0 Å². The van der Waals surface area contributed by atoms with E-state index in [0.717, 1.165) is 5.56 Å². The van der Waals surface area contributed by atoms with Crippen LogP contribution in [0.25, 0.3) is 0 Å². The maximum absolute atomic E-state index is 11.8. The fourth-order valence-electron chi connectivity index (χ4n) is 1.49. The summed E-state index contributed by atoms with van der Waals surface area (Å²) in [4.78, 5) is 22.7. The van der Waals surface area contributed by atoms with Crippen molar-refractivity contribution in [2.75, 3.05) is 5.73 Å². The van der Waals surface area contributed by atoms with E-state index in [9.17, 15) is 9.59 Å². The van der Waals surface area contributed by atoms with Gasteiger partial charge < -0.3 is 15.6 Å². The molecule has 0 bridgehead atoms. The first-order valence-electron chi connectivity index (χ1n) is 5.75. The third kappa shape index (κ3) is 3.48. The van der Waals surface area contributed by atoms with E-state index in [-0.39, 0.29) is 0 Å². The molecule has 0 radical (unpaired) electrons. The van der Waals surface area contributed by atoms with Gasteiger partial charge in [-0.1, -0.05) is 13.3 Å². The number of esters is 1. The number of carboxylic acids is 1. The predicted octanol–water partition coefficient (Wildman–Crippen LogP) is 1.99. The SMILES string of the molecule is CCCC(OC(=O)c1ccc(N)c(C)c1)C(=O)O. The smallest absolute Gasteiger partial charge is 0.345 e. The van der Waals surface area contributed by atoms with Crippen molar-refractivity contribution in [3.63, 3.8) is 0 Å². The fourth-order valence-corrected chi connectivity index (χ4v) is 1.49. The molecule has 0 aliphatic carbocycles. The zero-order valence-corrected chi connectivity index (χ0v) is 10.5. The number of hydrogen-bond donors (Lipinski definition) is 2. The van der Waals surface area contributed by atoms with Crippen LogP contribution in [0, 0.1) is 6.92 Å². The van der Waals surface area contributed by atoms with Gasteiger partial charge in [-0.3, -0.25) is 0 Å². The van der Waals surface area contributed by atoms with Gasteiger partial charge in [0.25, 0.3) is 0 Å². The van der Waals surface area contributed by atoms with Crippen LogP contribution in [-0.4, -0.2) is 23.1 Å². The van der Waals surface area contributed by atoms with Crippen molar-refractivity contribution in [1.82, 2.24) is 0 Å². The lowest BCUT2D eigenvalue weighted by atomic mass is 10.1.